The van der Waals surface area contributed by atoms with E-state index in [4.69, 9.17) is 5.73 Å². The van der Waals surface area contributed by atoms with E-state index in [-0.39, 0.29) is 12.4 Å². The summed E-state index contributed by atoms with van der Waals surface area (Å²) in [6, 6.07) is 5.01. The summed E-state index contributed by atoms with van der Waals surface area (Å²) in [6.07, 6.45) is 4.99. The molecule has 3 nitrogen and oxygen atoms in total. The summed E-state index contributed by atoms with van der Waals surface area (Å²) < 4.78 is 13.2. The van der Waals surface area contributed by atoms with E-state index < -0.39 is 0 Å². The fourth-order valence-electron chi connectivity index (χ4n) is 1.39. The summed E-state index contributed by atoms with van der Waals surface area (Å²) in [4.78, 5) is 8.14. The van der Waals surface area contributed by atoms with Crippen LogP contribution in [-0.4, -0.2) is 9.97 Å². The SMILES string of the molecule is NCc1cc(CSc2cnccn2)ccc1F. The molecule has 0 amide bonds. The maximum Gasteiger partial charge on any atom is 0.127 e. The van der Waals surface area contributed by atoms with Crippen molar-refractivity contribution >= 4 is 11.8 Å². The first-order valence-electron chi connectivity index (χ1n) is 5.16. The van der Waals surface area contributed by atoms with Gasteiger partial charge in [-0.05, 0) is 11.6 Å². The second-order valence-electron chi connectivity index (χ2n) is 3.46. The number of rotatable bonds is 4. The maximum atomic E-state index is 13.2. The van der Waals surface area contributed by atoms with Crippen molar-refractivity contribution in [3.8, 4) is 0 Å². The number of halogens is 1. The van der Waals surface area contributed by atoms with Crippen LogP contribution in [0, 0.1) is 5.82 Å². The number of hydrogen-bond acceptors (Lipinski definition) is 4. The molecule has 17 heavy (non-hydrogen) atoms. The van der Waals surface area contributed by atoms with Crippen molar-refractivity contribution in [1.29, 1.82) is 0 Å². The molecule has 0 saturated carbocycles. The van der Waals surface area contributed by atoms with Crippen LogP contribution in [0.1, 0.15) is 11.1 Å². The van der Waals surface area contributed by atoms with Gasteiger partial charge < -0.3 is 5.73 Å². The first-order chi connectivity index (χ1) is 8.29. The average molecular weight is 249 g/mol. The lowest BCUT2D eigenvalue weighted by Gasteiger charge is -2.04. The van der Waals surface area contributed by atoms with Crippen molar-refractivity contribution in [1.82, 2.24) is 9.97 Å². The maximum absolute atomic E-state index is 13.2. The largest absolute Gasteiger partial charge is 0.326 e. The summed E-state index contributed by atoms with van der Waals surface area (Å²) in [5.41, 5.74) is 7.03. The van der Waals surface area contributed by atoms with E-state index in [1.165, 1.54) is 6.07 Å². The van der Waals surface area contributed by atoms with Crippen LogP contribution in [0.2, 0.25) is 0 Å². The number of hydrogen-bond donors (Lipinski definition) is 1. The molecule has 0 radical (unpaired) electrons. The normalized spacial score (nSPS) is 10.5. The first-order valence-corrected chi connectivity index (χ1v) is 6.14. The lowest BCUT2D eigenvalue weighted by atomic mass is 10.1. The topological polar surface area (TPSA) is 51.8 Å². The van der Waals surface area contributed by atoms with E-state index in [0.29, 0.717) is 5.56 Å². The average Bonchev–Trinajstić information content (AvgIpc) is 2.39. The number of thioether (sulfide) groups is 1. The van der Waals surface area contributed by atoms with Crippen molar-refractivity contribution in [2.24, 2.45) is 5.73 Å². The van der Waals surface area contributed by atoms with Gasteiger partial charge in [0, 0.05) is 30.3 Å². The van der Waals surface area contributed by atoms with E-state index in [1.54, 1.807) is 42.5 Å². The van der Waals surface area contributed by atoms with Crippen molar-refractivity contribution in [3.63, 3.8) is 0 Å². The minimum Gasteiger partial charge on any atom is -0.326 e. The molecule has 0 spiro atoms. The molecule has 0 unspecified atom stereocenters. The van der Waals surface area contributed by atoms with E-state index in [1.807, 2.05) is 0 Å². The van der Waals surface area contributed by atoms with Gasteiger partial charge in [0.05, 0.1) is 6.20 Å². The lowest BCUT2D eigenvalue weighted by Crippen LogP contribution is -2.00. The second kappa shape index (κ2) is 5.75. The molecule has 0 atom stereocenters. The van der Waals surface area contributed by atoms with Crippen LogP contribution in [0.15, 0.2) is 41.8 Å². The number of aromatic nitrogens is 2. The molecule has 0 saturated heterocycles. The van der Waals surface area contributed by atoms with Gasteiger partial charge in [0.2, 0.25) is 0 Å². The first kappa shape index (κ1) is 12.0. The summed E-state index contributed by atoms with van der Waals surface area (Å²) in [6.45, 7) is 0.218. The summed E-state index contributed by atoms with van der Waals surface area (Å²) in [5.74, 6) is 0.479. The van der Waals surface area contributed by atoms with E-state index in [0.717, 1.165) is 16.3 Å². The highest BCUT2D eigenvalue weighted by atomic mass is 32.2. The smallest absolute Gasteiger partial charge is 0.127 e. The van der Waals surface area contributed by atoms with Crippen LogP contribution in [-0.2, 0) is 12.3 Å². The van der Waals surface area contributed by atoms with Gasteiger partial charge in [0.25, 0.3) is 0 Å². The molecule has 1 aromatic carbocycles. The molecular formula is C12H12FN3S. The lowest BCUT2D eigenvalue weighted by molar-refractivity contribution is 0.610. The summed E-state index contributed by atoms with van der Waals surface area (Å²) in [7, 11) is 0. The zero-order valence-electron chi connectivity index (χ0n) is 9.14. The van der Waals surface area contributed by atoms with Crippen LogP contribution >= 0.6 is 11.8 Å². The molecule has 0 aliphatic rings. The Kier molecular flexibility index (Phi) is 4.06. The second-order valence-corrected chi connectivity index (χ2v) is 4.46. The molecule has 0 aliphatic heterocycles. The van der Waals surface area contributed by atoms with Crippen molar-refractivity contribution in [2.75, 3.05) is 0 Å². The van der Waals surface area contributed by atoms with Crippen LogP contribution < -0.4 is 5.73 Å². The molecule has 2 N–H and O–H groups in total. The van der Waals surface area contributed by atoms with Gasteiger partial charge in [-0.2, -0.15) is 0 Å². The van der Waals surface area contributed by atoms with Crippen molar-refractivity contribution in [2.45, 2.75) is 17.3 Å². The molecule has 1 aromatic heterocycles. The highest BCUT2D eigenvalue weighted by Crippen LogP contribution is 2.21. The Hall–Kier alpha value is -1.46. The van der Waals surface area contributed by atoms with E-state index in [9.17, 15) is 4.39 Å². The predicted molar refractivity (Wildman–Crippen MR) is 65.9 cm³/mol. The fraction of sp³-hybridized carbons (Fsp3) is 0.167. The Morgan fingerprint density at radius 2 is 2.18 bits per heavy atom. The van der Waals surface area contributed by atoms with Crippen molar-refractivity contribution < 1.29 is 4.39 Å². The number of nitrogens with two attached hydrogens (primary N) is 1. The Labute approximate surface area is 103 Å². The third-order valence-corrected chi connectivity index (χ3v) is 3.24. The molecule has 1 heterocycles. The van der Waals surface area contributed by atoms with E-state index in [2.05, 4.69) is 9.97 Å². The van der Waals surface area contributed by atoms with Gasteiger partial charge in [0.1, 0.15) is 10.8 Å². The van der Waals surface area contributed by atoms with Gasteiger partial charge >= 0.3 is 0 Å². The van der Waals surface area contributed by atoms with Gasteiger partial charge in [-0.25, -0.2) is 9.37 Å². The number of nitrogens with zero attached hydrogens (tertiary/aromatic N) is 2. The minimum atomic E-state index is -0.249. The van der Waals surface area contributed by atoms with Gasteiger partial charge in [-0.3, -0.25) is 4.98 Å². The molecule has 5 heteroatoms. The number of benzene rings is 1. The van der Waals surface area contributed by atoms with E-state index >= 15 is 0 Å². The predicted octanol–water partition coefficient (Wildman–Crippen LogP) is 2.37. The third-order valence-electron chi connectivity index (χ3n) is 2.26. The van der Waals surface area contributed by atoms with Gasteiger partial charge in [-0.15, -0.1) is 11.8 Å². The highest BCUT2D eigenvalue weighted by molar-refractivity contribution is 7.98. The molecule has 2 rings (SSSR count). The van der Waals surface area contributed by atoms with Crippen LogP contribution in [0.4, 0.5) is 4.39 Å². The minimum absolute atomic E-state index is 0.218. The van der Waals surface area contributed by atoms with Gasteiger partial charge in [-0.1, -0.05) is 12.1 Å². The molecule has 0 bridgehead atoms. The summed E-state index contributed by atoms with van der Waals surface area (Å²) >= 11 is 1.56. The Morgan fingerprint density at radius 1 is 1.29 bits per heavy atom. The van der Waals surface area contributed by atoms with Crippen molar-refractivity contribution in [3.05, 3.63) is 53.7 Å². The molecule has 2 aromatic rings. The quantitative estimate of drug-likeness (QED) is 0.845. The summed E-state index contributed by atoms with van der Waals surface area (Å²) in [5, 5.41) is 0.853. The molecule has 88 valence electrons. The van der Waals surface area contributed by atoms with Crippen LogP contribution in [0.3, 0.4) is 0 Å². The van der Waals surface area contributed by atoms with Crippen LogP contribution in [0.5, 0.6) is 0 Å². The molecule has 0 aliphatic carbocycles. The fourth-order valence-corrected chi connectivity index (χ4v) is 2.16. The zero-order chi connectivity index (χ0) is 12.1. The standard InChI is InChI=1S/C12H12FN3S/c13-11-2-1-9(5-10(11)6-14)8-17-12-7-15-3-4-16-12/h1-5,7H,6,8,14H2. The third kappa shape index (κ3) is 3.25. The van der Waals surface area contributed by atoms with Crippen LogP contribution in [0.25, 0.3) is 0 Å². The Balaban J connectivity index is 2.04. The van der Waals surface area contributed by atoms with Gasteiger partial charge in [0.15, 0.2) is 0 Å². The molecular weight excluding hydrogens is 237 g/mol. The Bertz CT molecular complexity index is 490. The molecule has 0 fully saturated rings. The zero-order valence-corrected chi connectivity index (χ0v) is 9.95. The highest BCUT2D eigenvalue weighted by Gasteiger charge is 2.03. The monoisotopic (exact) mass is 249 g/mol. The Morgan fingerprint density at radius 3 is 2.88 bits per heavy atom.